The fourth-order valence-electron chi connectivity index (χ4n) is 3.18. The Hall–Kier alpha value is -1.64. The van der Waals surface area contributed by atoms with E-state index < -0.39 is 11.7 Å². The van der Waals surface area contributed by atoms with Crippen LogP contribution >= 0.6 is 22.9 Å². The van der Waals surface area contributed by atoms with E-state index in [-0.39, 0.29) is 10.9 Å². The second-order valence-corrected chi connectivity index (χ2v) is 8.45. The molecule has 2 heterocycles. The van der Waals surface area contributed by atoms with Crippen molar-refractivity contribution in [2.24, 2.45) is 0 Å². The molecule has 2 aromatic rings. The van der Waals surface area contributed by atoms with Crippen molar-refractivity contribution in [3.05, 3.63) is 39.4 Å². The molecule has 1 fully saturated rings. The van der Waals surface area contributed by atoms with Crippen LogP contribution in [0.15, 0.2) is 18.2 Å². The third-order valence-corrected chi connectivity index (χ3v) is 6.37. The van der Waals surface area contributed by atoms with Gasteiger partial charge in [-0.25, -0.2) is 4.98 Å². The highest BCUT2D eigenvalue weighted by atomic mass is 35.5. The van der Waals surface area contributed by atoms with Crippen molar-refractivity contribution in [3.63, 3.8) is 0 Å². The lowest BCUT2D eigenvalue weighted by atomic mass is 10.1. The molecule has 28 heavy (non-hydrogen) atoms. The van der Waals surface area contributed by atoms with Gasteiger partial charge in [0.2, 0.25) is 0 Å². The van der Waals surface area contributed by atoms with Crippen molar-refractivity contribution in [2.75, 3.05) is 26.2 Å². The lowest BCUT2D eigenvalue weighted by Gasteiger charge is -2.36. The first-order chi connectivity index (χ1) is 13.1. The number of benzene rings is 1. The van der Waals surface area contributed by atoms with Gasteiger partial charge >= 0.3 is 6.18 Å². The van der Waals surface area contributed by atoms with Crippen molar-refractivity contribution in [1.29, 1.82) is 0 Å². The normalized spacial score (nSPS) is 16.1. The summed E-state index contributed by atoms with van der Waals surface area (Å²) in [6.45, 7) is 8.82. The highest BCUT2D eigenvalue weighted by Gasteiger charge is 2.34. The van der Waals surface area contributed by atoms with Gasteiger partial charge in [-0.15, -0.1) is 11.3 Å². The van der Waals surface area contributed by atoms with E-state index in [4.69, 9.17) is 11.6 Å². The van der Waals surface area contributed by atoms with Crippen molar-refractivity contribution < 1.29 is 18.0 Å². The number of carbonyl (C=O) groups excluding carboxylic acids is 1. The van der Waals surface area contributed by atoms with Gasteiger partial charge in [0.05, 0.1) is 16.3 Å². The van der Waals surface area contributed by atoms with E-state index in [1.54, 1.807) is 11.8 Å². The van der Waals surface area contributed by atoms with E-state index in [2.05, 4.69) is 23.7 Å². The number of aryl methyl sites for hydroxylation is 1. The van der Waals surface area contributed by atoms with Crippen molar-refractivity contribution >= 4 is 28.8 Å². The van der Waals surface area contributed by atoms with E-state index in [1.165, 1.54) is 12.1 Å². The molecular weight excluding hydrogens is 411 g/mol. The molecule has 3 rings (SSSR count). The minimum absolute atomic E-state index is 0.116. The summed E-state index contributed by atoms with van der Waals surface area (Å²) in [6, 6.07) is 4.12. The molecule has 0 saturated carbocycles. The second kappa shape index (κ2) is 8.00. The smallest absolute Gasteiger partial charge is 0.335 e. The van der Waals surface area contributed by atoms with Crippen LogP contribution in [0.25, 0.3) is 10.6 Å². The molecule has 0 N–H and O–H groups in total. The number of piperazine rings is 1. The average molecular weight is 432 g/mol. The standard InChI is InChI=1S/C19H21ClF3N3OS/c1-11(2)25-6-8-26(9-7-25)18(27)16-12(3)24-17(28-16)13-4-5-15(20)14(10-13)19(21,22)23/h4-5,10-11H,6-9H2,1-3H3. The number of hydrogen-bond donors (Lipinski definition) is 0. The number of alkyl halides is 3. The second-order valence-electron chi connectivity index (χ2n) is 7.05. The molecule has 0 radical (unpaired) electrons. The van der Waals surface area contributed by atoms with Gasteiger partial charge in [-0.3, -0.25) is 9.69 Å². The molecule has 0 bridgehead atoms. The molecule has 1 aliphatic heterocycles. The zero-order valence-corrected chi connectivity index (χ0v) is 17.4. The lowest BCUT2D eigenvalue weighted by Crippen LogP contribution is -2.50. The van der Waals surface area contributed by atoms with E-state index in [0.717, 1.165) is 30.5 Å². The first kappa shape index (κ1) is 21.1. The number of aromatic nitrogens is 1. The fraction of sp³-hybridized carbons (Fsp3) is 0.474. The molecule has 1 aromatic carbocycles. The summed E-state index contributed by atoms with van der Waals surface area (Å²) in [5.41, 5.74) is -0.0782. The molecular formula is C19H21ClF3N3OS. The van der Waals surface area contributed by atoms with E-state index in [1.807, 2.05) is 0 Å². The Labute approximate surface area is 170 Å². The first-order valence-electron chi connectivity index (χ1n) is 8.95. The minimum Gasteiger partial charge on any atom is -0.335 e. The third-order valence-electron chi connectivity index (χ3n) is 4.84. The summed E-state index contributed by atoms with van der Waals surface area (Å²) in [5.74, 6) is -0.116. The number of hydrogen-bond acceptors (Lipinski definition) is 4. The van der Waals surface area contributed by atoms with Gasteiger partial charge in [-0.2, -0.15) is 13.2 Å². The Morgan fingerprint density at radius 2 is 1.86 bits per heavy atom. The molecule has 1 amide bonds. The largest absolute Gasteiger partial charge is 0.417 e. The minimum atomic E-state index is -4.55. The summed E-state index contributed by atoms with van der Waals surface area (Å²) in [5, 5.41) is 0.0210. The Kier molecular flexibility index (Phi) is 6.03. The van der Waals surface area contributed by atoms with Gasteiger partial charge in [-0.05, 0) is 32.9 Å². The molecule has 1 saturated heterocycles. The summed E-state index contributed by atoms with van der Waals surface area (Å²) in [7, 11) is 0. The lowest BCUT2D eigenvalue weighted by molar-refractivity contribution is -0.137. The number of amides is 1. The van der Waals surface area contributed by atoms with Crippen molar-refractivity contribution in [1.82, 2.24) is 14.8 Å². The molecule has 4 nitrogen and oxygen atoms in total. The third kappa shape index (κ3) is 4.34. The molecule has 0 unspecified atom stereocenters. The number of nitrogens with zero attached hydrogens (tertiary/aromatic N) is 3. The Balaban J connectivity index is 1.83. The van der Waals surface area contributed by atoms with Crippen LogP contribution in [-0.2, 0) is 6.18 Å². The van der Waals surface area contributed by atoms with Crippen LogP contribution in [0.2, 0.25) is 5.02 Å². The predicted octanol–water partition coefficient (Wildman–Crippen LogP) is 4.96. The van der Waals surface area contributed by atoms with E-state index >= 15 is 0 Å². The van der Waals surface area contributed by atoms with E-state index in [9.17, 15) is 18.0 Å². The number of thiazole rings is 1. The van der Waals surface area contributed by atoms with Crippen molar-refractivity contribution in [3.8, 4) is 10.6 Å². The van der Waals surface area contributed by atoms with Crippen LogP contribution < -0.4 is 0 Å². The van der Waals surface area contributed by atoms with Crippen LogP contribution in [0.1, 0.15) is 34.8 Å². The topological polar surface area (TPSA) is 36.4 Å². The molecule has 0 aliphatic carbocycles. The highest BCUT2D eigenvalue weighted by molar-refractivity contribution is 7.17. The quantitative estimate of drug-likeness (QED) is 0.689. The maximum atomic E-state index is 13.1. The average Bonchev–Trinajstić information content (AvgIpc) is 3.02. The van der Waals surface area contributed by atoms with Crippen LogP contribution in [0, 0.1) is 6.92 Å². The highest BCUT2D eigenvalue weighted by Crippen LogP contribution is 2.38. The van der Waals surface area contributed by atoms with Crippen LogP contribution in [0.3, 0.4) is 0 Å². The summed E-state index contributed by atoms with van der Waals surface area (Å²) < 4.78 is 39.4. The van der Waals surface area contributed by atoms with Gasteiger partial charge in [0.25, 0.3) is 5.91 Å². The summed E-state index contributed by atoms with van der Waals surface area (Å²) in [4.78, 5) is 21.8. The first-order valence-corrected chi connectivity index (χ1v) is 10.1. The predicted molar refractivity (Wildman–Crippen MR) is 105 cm³/mol. The Morgan fingerprint density at radius 1 is 1.21 bits per heavy atom. The van der Waals surface area contributed by atoms with Crippen LogP contribution in [0.5, 0.6) is 0 Å². The van der Waals surface area contributed by atoms with E-state index in [0.29, 0.717) is 40.3 Å². The molecule has 9 heteroatoms. The summed E-state index contributed by atoms with van der Waals surface area (Å²) in [6.07, 6.45) is -4.55. The zero-order valence-electron chi connectivity index (χ0n) is 15.8. The maximum absolute atomic E-state index is 13.1. The van der Waals surface area contributed by atoms with Crippen molar-refractivity contribution in [2.45, 2.75) is 33.0 Å². The molecule has 1 aliphatic rings. The molecule has 152 valence electrons. The number of rotatable bonds is 3. The molecule has 1 aromatic heterocycles. The number of halogens is 4. The zero-order chi connectivity index (χ0) is 20.6. The molecule has 0 spiro atoms. The SMILES string of the molecule is Cc1nc(-c2ccc(Cl)c(C(F)(F)F)c2)sc1C(=O)N1CCN(C(C)C)CC1. The molecule has 0 atom stereocenters. The van der Waals surface area contributed by atoms with Gasteiger partial charge in [0, 0.05) is 37.8 Å². The fourth-order valence-corrected chi connectivity index (χ4v) is 4.43. The Bertz CT molecular complexity index is 874. The van der Waals surface area contributed by atoms with Crippen LogP contribution in [0.4, 0.5) is 13.2 Å². The van der Waals surface area contributed by atoms with Gasteiger partial charge in [0.15, 0.2) is 0 Å². The van der Waals surface area contributed by atoms with Gasteiger partial charge < -0.3 is 4.90 Å². The van der Waals surface area contributed by atoms with Crippen LogP contribution in [-0.4, -0.2) is 52.9 Å². The number of carbonyl (C=O) groups is 1. The Morgan fingerprint density at radius 3 is 2.43 bits per heavy atom. The van der Waals surface area contributed by atoms with Gasteiger partial charge in [-0.1, -0.05) is 17.7 Å². The van der Waals surface area contributed by atoms with Gasteiger partial charge in [0.1, 0.15) is 9.88 Å². The maximum Gasteiger partial charge on any atom is 0.417 e. The summed E-state index contributed by atoms with van der Waals surface area (Å²) >= 11 is 6.81. The monoisotopic (exact) mass is 431 g/mol.